The zero-order valence-electron chi connectivity index (χ0n) is 22.1. The highest BCUT2D eigenvalue weighted by Crippen LogP contribution is 2.42. The summed E-state index contributed by atoms with van der Waals surface area (Å²) in [5.74, 6) is 0.411. The van der Waals surface area contributed by atoms with Crippen LogP contribution in [0.5, 0.6) is 11.5 Å². The average molecular weight is 579 g/mol. The van der Waals surface area contributed by atoms with E-state index < -0.39 is 5.92 Å². The second-order valence-electron chi connectivity index (χ2n) is 9.06. The lowest BCUT2D eigenvalue weighted by Crippen LogP contribution is -2.30. The van der Waals surface area contributed by atoms with Gasteiger partial charge < -0.3 is 20.7 Å². The normalized spacial score (nSPS) is 14.6. The zero-order valence-corrected chi connectivity index (χ0v) is 23.7. The Kier molecular flexibility index (Phi) is 8.84. The summed E-state index contributed by atoms with van der Waals surface area (Å²) in [4.78, 5) is 27.1. The van der Waals surface area contributed by atoms with Gasteiger partial charge in [0.05, 0.1) is 28.3 Å². The number of anilines is 2. The molecule has 0 saturated carbocycles. The van der Waals surface area contributed by atoms with Gasteiger partial charge in [-0.15, -0.1) is 11.3 Å². The summed E-state index contributed by atoms with van der Waals surface area (Å²) in [6.07, 6.45) is 0. The number of carbonyl (C=O) groups excluding carboxylic acids is 2. The maximum Gasteiger partial charge on any atom is 0.254 e. The molecule has 1 aliphatic rings. The van der Waals surface area contributed by atoms with E-state index >= 15 is 0 Å². The monoisotopic (exact) mass is 578 g/mol. The molecule has 0 fully saturated rings. The van der Waals surface area contributed by atoms with Crippen LogP contribution in [0.15, 0.2) is 124 Å². The van der Waals surface area contributed by atoms with Crippen LogP contribution in [0.25, 0.3) is 0 Å². The molecule has 41 heavy (non-hydrogen) atoms. The summed E-state index contributed by atoms with van der Waals surface area (Å²) in [5.41, 5.74) is 2.81. The second kappa shape index (κ2) is 13.0. The maximum absolute atomic E-state index is 13.4. The summed E-state index contributed by atoms with van der Waals surface area (Å²) in [6.45, 7) is 1.81. The van der Waals surface area contributed by atoms with Crippen molar-refractivity contribution in [3.05, 3.63) is 129 Å². The minimum absolute atomic E-state index is 0.0752. The molecular weight excluding hydrogens is 553 g/mol. The summed E-state index contributed by atoms with van der Waals surface area (Å²) in [5, 5.41) is 21.7. The van der Waals surface area contributed by atoms with Gasteiger partial charge in [0, 0.05) is 27.5 Å². The first-order valence-electron chi connectivity index (χ1n) is 12.8. The lowest BCUT2D eigenvalue weighted by molar-refractivity contribution is -0.114. The van der Waals surface area contributed by atoms with E-state index in [1.54, 1.807) is 24.3 Å². The van der Waals surface area contributed by atoms with Gasteiger partial charge in [0.15, 0.2) is 0 Å². The first-order chi connectivity index (χ1) is 20.0. The molecule has 1 atom stereocenters. The molecule has 204 valence electrons. The van der Waals surface area contributed by atoms with E-state index in [1.165, 1.54) is 23.1 Å². The van der Waals surface area contributed by atoms with E-state index in [4.69, 9.17) is 4.74 Å². The van der Waals surface area contributed by atoms with Crippen molar-refractivity contribution in [1.29, 1.82) is 5.26 Å². The molecule has 0 bridgehead atoms. The molecule has 0 radical (unpaired) electrons. The number of dihydropyridines is 1. The van der Waals surface area contributed by atoms with Crippen molar-refractivity contribution in [1.82, 2.24) is 5.32 Å². The molecule has 2 heterocycles. The minimum atomic E-state index is -0.548. The summed E-state index contributed by atoms with van der Waals surface area (Å²) >= 11 is 2.71. The van der Waals surface area contributed by atoms with Crippen LogP contribution in [0.2, 0.25) is 0 Å². The van der Waals surface area contributed by atoms with Crippen molar-refractivity contribution >= 4 is 46.3 Å². The smallest absolute Gasteiger partial charge is 0.254 e. The number of rotatable bonds is 9. The first-order valence-corrected chi connectivity index (χ1v) is 14.7. The van der Waals surface area contributed by atoms with Crippen LogP contribution >= 0.6 is 23.1 Å². The Labute approximate surface area is 246 Å². The third-order valence-electron chi connectivity index (χ3n) is 6.22. The Balaban J connectivity index is 1.28. The van der Waals surface area contributed by atoms with E-state index in [-0.39, 0.29) is 17.6 Å². The van der Waals surface area contributed by atoms with Crippen molar-refractivity contribution in [2.24, 2.45) is 0 Å². The molecule has 2 amide bonds. The largest absolute Gasteiger partial charge is 0.457 e. The molecule has 3 aromatic carbocycles. The van der Waals surface area contributed by atoms with Gasteiger partial charge in [0.1, 0.15) is 11.5 Å². The third-order valence-corrected chi connectivity index (χ3v) is 8.17. The van der Waals surface area contributed by atoms with Gasteiger partial charge in [-0.25, -0.2) is 0 Å². The van der Waals surface area contributed by atoms with Crippen molar-refractivity contribution < 1.29 is 14.3 Å². The van der Waals surface area contributed by atoms with Crippen LogP contribution in [-0.2, 0) is 9.59 Å². The predicted octanol–water partition coefficient (Wildman–Crippen LogP) is 7.25. The van der Waals surface area contributed by atoms with Gasteiger partial charge in [-0.05, 0) is 66.9 Å². The molecule has 7 nitrogen and oxygen atoms in total. The Morgan fingerprint density at radius 1 is 0.902 bits per heavy atom. The summed E-state index contributed by atoms with van der Waals surface area (Å²) in [6, 6.07) is 31.9. The SMILES string of the molecule is CC1=C(C(=O)Nc2ccccc2)[C@@H](c2cccs2)C(C#N)=C(SCC(=O)Nc2ccc(Oc3ccccc3)cc2)N1. The predicted molar refractivity (Wildman–Crippen MR) is 165 cm³/mol. The summed E-state index contributed by atoms with van der Waals surface area (Å²) in [7, 11) is 0. The third kappa shape index (κ3) is 6.87. The van der Waals surface area contributed by atoms with Gasteiger partial charge >= 0.3 is 0 Å². The van der Waals surface area contributed by atoms with E-state index in [2.05, 4.69) is 22.0 Å². The van der Waals surface area contributed by atoms with Crippen molar-refractivity contribution in [3.8, 4) is 17.6 Å². The zero-order chi connectivity index (χ0) is 28.6. The number of hydrogen-bond donors (Lipinski definition) is 3. The highest BCUT2D eigenvalue weighted by molar-refractivity contribution is 8.03. The number of hydrogen-bond acceptors (Lipinski definition) is 7. The van der Waals surface area contributed by atoms with Gasteiger partial charge in [-0.2, -0.15) is 5.26 Å². The molecule has 9 heteroatoms. The molecule has 1 aliphatic heterocycles. The van der Waals surface area contributed by atoms with Gasteiger partial charge in [0.2, 0.25) is 5.91 Å². The van der Waals surface area contributed by atoms with E-state index in [9.17, 15) is 14.9 Å². The Bertz CT molecular complexity index is 1630. The van der Waals surface area contributed by atoms with Gasteiger partial charge in [0.25, 0.3) is 5.91 Å². The minimum Gasteiger partial charge on any atom is -0.457 e. The number of thiophene rings is 1. The van der Waals surface area contributed by atoms with E-state index in [1.807, 2.05) is 85.1 Å². The molecule has 4 aromatic rings. The number of ether oxygens (including phenoxy) is 1. The Morgan fingerprint density at radius 3 is 2.22 bits per heavy atom. The number of benzene rings is 3. The van der Waals surface area contributed by atoms with Crippen LogP contribution in [0.4, 0.5) is 11.4 Å². The topological polar surface area (TPSA) is 103 Å². The lowest BCUT2D eigenvalue weighted by atomic mass is 9.86. The number of thioether (sulfide) groups is 1. The molecule has 0 unspecified atom stereocenters. The molecule has 1 aromatic heterocycles. The maximum atomic E-state index is 13.4. The number of carbonyl (C=O) groups is 2. The number of nitrogens with one attached hydrogen (secondary N) is 3. The van der Waals surface area contributed by atoms with Gasteiger partial charge in [-0.1, -0.05) is 54.2 Å². The number of nitriles is 1. The fourth-order valence-electron chi connectivity index (χ4n) is 4.35. The Hall–Kier alpha value is -4.78. The van der Waals surface area contributed by atoms with Crippen molar-refractivity contribution in [2.45, 2.75) is 12.8 Å². The quantitative estimate of drug-likeness (QED) is 0.193. The van der Waals surface area contributed by atoms with Crippen molar-refractivity contribution in [3.63, 3.8) is 0 Å². The molecule has 0 spiro atoms. The molecular formula is C32H26N4O3S2. The van der Waals surface area contributed by atoms with Crippen LogP contribution in [0, 0.1) is 11.3 Å². The fraction of sp³-hybridized carbons (Fsp3) is 0.0938. The van der Waals surface area contributed by atoms with Crippen LogP contribution < -0.4 is 20.7 Å². The van der Waals surface area contributed by atoms with E-state index in [0.29, 0.717) is 39.0 Å². The molecule has 0 aliphatic carbocycles. The highest BCUT2D eigenvalue weighted by Gasteiger charge is 2.35. The number of nitrogens with zero attached hydrogens (tertiary/aromatic N) is 1. The lowest BCUT2D eigenvalue weighted by Gasteiger charge is -2.29. The van der Waals surface area contributed by atoms with E-state index in [0.717, 1.165) is 10.6 Å². The fourth-order valence-corrected chi connectivity index (χ4v) is 6.09. The van der Waals surface area contributed by atoms with Gasteiger partial charge in [-0.3, -0.25) is 9.59 Å². The van der Waals surface area contributed by atoms with Crippen LogP contribution in [0.3, 0.4) is 0 Å². The van der Waals surface area contributed by atoms with Crippen LogP contribution in [0.1, 0.15) is 17.7 Å². The number of amides is 2. The van der Waals surface area contributed by atoms with Crippen LogP contribution in [-0.4, -0.2) is 17.6 Å². The number of para-hydroxylation sites is 2. The highest BCUT2D eigenvalue weighted by atomic mass is 32.2. The first kappa shape index (κ1) is 27.8. The number of allylic oxidation sites excluding steroid dienone is 2. The molecule has 0 saturated heterocycles. The summed E-state index contributed by atoms with van der Waals surface area (Å²) < 4.78 is 5.80. The Morgan fingerprint density at radius 2 is 1.56 bits per heavy atom. The molecule has 3 N–H and O–H groups in total. The standard InChI is InChI=1S/C32H26N4O3S2/c1-21-29(31(38)36-22-9-4-2-5-10-22)30(27-13-8-18-40-27)26(19-33)32(34-21)41-20-28(37)35-23-14-16-25(17-15-23)39-24-11-6-3-7-12-24/h2-18,30,34H,20H2,1H3,(H,35,37)(H,36,38)/t30-/m1/s1. The molecule has 5 rings (SSSR count). The van der Waals surface area contributed by atoms with Crippen molar-refractivity contribution in [2.75, 3.05) is 16.4 Å². The second-order valence-corrected chi connectivity index (χ2v) is 11.0. The average Bonchev–Trinajstić information content (AvgIpc) is 3.52.